The number of hydrogen-bond donors (Lipinski definition) is 1. The number of sulfonamides is 1. The fourth-order valence-corrected chi connectivity index (χ4v) is 5.11. The second-order valence-corrected chi connectivity index (χ2v) is 7.94. The Hall–Kier alpha value is 0.0900. The molecule has 0 unspecified atom stereocenters. The van der Waals surface area contributed by atoms with Crippen LogP contribution in [0, 0.1) is 0 Å². The predicted molar refractivity (Wildman–Crippen MR) is 85.8 cm³/mol. The van der Waals surface area contributed by atoms with Crippen LogP contribution in [0.3, 0.4) is 0 Å². The van der Waals surface area contributed by atoms with Crippen molar-refractivity contribution in [2.75, 3.05) is 0 Å². The van der Waals surface area contributed by atoms with Gasteiger partial charge in [0, 0.05) is 14.5 Å². The lowest BCUT2D eigenvalue weighted by molar-refractivity contribution is 0.341. The Morgan fingerprint density at radius 3 is 2.11 bits per heavy atom. The molecule has 0 bridgehead atoms. The molecule has 0 aliphatic heterocycles. The first-order valence-electron chi connectivity index (χ1n) is 6.29. The predicted octanol–water partition coefficient (Wildman–Crippen LogP) is 4.46. The molecule has 0 aromatic heterocycles. The van der Waals surface area contributed by atoms with Crippen molar-refractivity contribution in [3.63, 3.8) is 0 Å². The lowest BCUT2D eigenvalue weighted by Gasteiger charge is -2.31. The fraction of sp³-hybridized carbons (Fsp3) is 0.538. The summed E-state index contributed by atoms with van der Waals surface area (Å²) in [5, 5.41) is 0. The maximum Gasteiger partial charge on any atom is 0.242 e. The van der Waals surface area contributed by atoms with E-state index in [0.717, 1.165) is 23.7 Å². The Kier molecular flexibility index (Phi) is 6.04. The van der Waals surface area contributed by atoms with Crippen LogP contribution < -0.4 is 4.72 Å². The first-order chi connectivity index (χ1) is 8.80. The van der Waals surface area contributed by atoms with Gasteiger partial charge in [-0.3, -0.25) is 0 Å². The summed E-state index contributed by atoms with van der Waals surface area (Å²) in [6.45, 7) is 6.02. The van der Waals surface area contributed by atoms with Gasteiger partial charge in [-0.25, -0.2) is 13.1 Å². The zero-order valence-corrected chi connectivity index (χ0v) is 15.3. The number of hydrogen-bond acceptors (Lipinski definition) is 2. The van der Waals surface area contributed by atoms with Gasteiger partial charge in [0.15, 0.2) is 0 Å². The Balaban J connectivity index is 3.21. The van der Waals surface area contributed by atoms with Crippen LogP contribution in [0.25, 0.3) is 0 Å². The van der Waals surface area contributed by atoms with E-state index in [9.17, 15) is 8.42 Å². The maximum absolute atomic E-state index is 12.5. The summed E-state index contributed by atoms with van der Waals surface area (Å²) in [6.07, 6.45) is 2.31. The van der Waals surface area contributed by atoms with E-state index in [2.05, 4.69) is 36.6 Å². The van der Waals surface area contributed by atoms with E-state index in [-0.39, 0.29) is 10.4 Å². The van der Waals surface area contributed by atoms with Gasteiger partial charge in [0.2, 0.25) is 10.0 Å². The molecular weight excluding hydrogens is 394 g/mol. The van der Waals surface area contributed by atoms with Gasteiger partial charge in [0.25, 0.3) is 0 Å². The van der Waals surface area contributed by atoms with E-state index in [4.69, 9.17) is 0 Å². The summed E-state index contributed by atoms with van der Waals surface area (Å²) >= 11 is 6.61. The lowest BCUT2D eigenvalue weighted by atomic mass is 9.91. The second-order valence-electron chi connectivity index (χ2n) is 4.52. The molecule has 0 saturated heterocycles. The molecule has 1 aromatic carbocycles. The van der Waals surface area contributed by atoms with Gasteiger partial charge in [0.1, 0.15) is 0 Å². The molecule has 0 aliphatic rings. The number of nitrogens with one attached hydrogen (secondary N) is 1. The van der Waals surface area contributed by atoms with Gasteiger partial charge in [0.05, 0.1) is 4.90 Å². The molecule has 0 radical (unpaired) electrons. The van der Waals surface area contributed by atoms with E-state index < -0.39 is 10.0 Å². The third-order valence-electron chi connectivity index (χ3n) is 3.56. The van der Waals surface area contributed by atoms with Crippen molar-refractivity contribution in [3.8, 4) is 0 Å². The molecule has 1 rings (SSSR count). The highest BCUT2D eigenvalue weighted by atomic mass is 79.9. The Morgan fingerprint density at radius 2 is 1.63 bits per heavy atom. The van der Waals surface area contributed by atoms with Crippen LogP contribution in [-0.4, -0.2) is 14.0 Å². The van der Waals surface area contributed by atoms with Gasteiger partial charge in [-0.1, -0.05) is 36.7 Å². The molecule has 3 nitrogen and oxygen atoms in total. The average molecular weight is 413 g/mol. The number of halogens is 2. The van der Waals surface area contributed by atoms with Crippen molar-refractivity contribution in [1.29, 1.82) is 0 Å². The Morgan fingerprint density at radius 1 is 1.11 bits per heavy atom. The van der Waals surface area contributed by atoms with Crippen molar-refractivity contribution >= 4 is 41.9 Å². The van der Waals surface area contributed by atoms with Crippen molar-refractivity contribution in [1.82, 2.24) is 4.72 Å². The molecule has 6 heteroatoms. The molecule has 1 N–H and O–H groups in total. The molecule has 19 heavy (non-hydrogen) atoms. The van der Waals surface area contributed by atoms with Crippen molar-refractivity contribution < 1.29 is 8.42 Å². The monoisotopic (exact) mass is 411 g/mol. The van der Waals surface area contributed by atoms with Crippen LogP contribution in [-0.2, 0) is 10.0 Å². The third-order valence-corrected chi connectivity index (χ3v) is 6.63. The van der Waals surface area contributed by atoms with E-state index in [1.165, 1.54) is 0 Å². The van der Waals surface area contributed by atoms with Crippen LogP contribution in [0.15, 0.2) is 32.0 Å². The molecule has 0 aliphatic carbocycles. The number of rotatable bonds is 6. The quantitative estimate of drug-likeness (QED) is 0.749. The third kappa shape index (κ3) is 4.03. The summed E-state index contributed by atoms with van der Waals surface area (Å²) in [5.41, 5.74) is -0.374. The van der Waals surface area contributed by atoms with E-state index in [0.29, 0.717) is 4.47 Å². The van der Waals surface area contributed by atoms with Gasteiger partial charge in [-0.05, 0) is 53.4 Å². The van der Waals surface area contributed by atoms with Gasteiger partial charge < -0.3 is 0 Å². The van der Waals surface area contributed by atoms with Crippen LogP contribution >= 0.6 is 31.9 Å². The first kappa shape index (κ1) is 17.1. The van der Waals surface area contributed by atoms with Gasteiger partial charge in [-0.2, -0.15) is 0 Å². The molecule has 0 heterocycles. The van der Waals surface area contributed by atoms with Crippen molar-refractivity contribution in [2.45, 2.75) is 50.5 Å². The van der Waals surface area contributed by atoms with Gasteiger partial charge in [-0.15, -0.1) is 0 Å². The summed E-state index contributed by atoms with van der Waals surface area (Å²) in [4.78, 5) is 0.265. The Bertz CT molecular complexity index is 531. The van der Waals surface area contributed by atoms with Crippen LogP contribution in [0.2, 0.25) is 0 Å². The standard InChI is InChI=1S/C13H19Br2NO2S/c1-4-13(5-2,6-3)16-19(17,18)12-9-10(14)7-8-11(12)15/h7-9,16H,4-6H2,1-3H3. The minimum Gasteiger partial charge on any atom is -0.207 e. The zero-order valence-electron chi connectivity index (χ0n) is 11.3. The average Bonchev–Trinajstić information content (AvgIpc) is 2.39. The summed E-state index contributed by atoms with van der Waals surface area (Å²) in [6, 6.07) is 5.14. The molecule has 0 fully saturated rings. The van der Waals surface area contributed by atoms with E-state index in [1.54, 1.807) is 18.2 Å². The van der Waals surface area contributed by atoms with Crippen molar-refractivity contribution in [3.05, 3.63) is 27.1 Å². The second kappa shape index (κ2) is 6.70. The van der Waals surface area contributed by atoms with Crippen LogP contribution in [0.5, 0.6) is 0 Å². The molecule has 108 valence electrons. The minimum atomic E-state index is -3.53. The summed E-state index contributed by atoms with van der Waals surface area (Å²) < 4.78 is 29.2. The molecular formula is C13H19Br2NO2S. The first-order valence-corrected chi connectivity index (χ1v) is 9.36. The zero-order chi connectivity index (χ0) is 14.7. The fourth-order valence-electron chi connectivity index (χ4n) is 1.99. The highest BCUT2D eigenvalue weighted by Crippen LogP contribution is 2.28. The summed E-state index contributed by atoms with van der Waals surface area (Å²) in [5.74, 6) is 0. The maximum atomic E-state index is 12.5. The molecule has 0 spiro atoms. The minimum absolute atomic E-state index is 0.265. The van der Waals surface area contributed by atoms with E-state index in [1.807, 2.05) is 20.8 Å². The van der Waals surface area contributed by atoms with E-state index >= 15 is 0 Å². The normalized spacial score (nSPS) is 12.7. The number of benzene rings is 1. The Labute approximate surface area is 132 Å². The summed E-state index contributed by atoms with van der Waals surface area (Å²) in [7, 11) is -3.53. The molecule has 0 atom stereocenters. The lowest BCUT2D eigenvalue weighted by Crippen LogP contribution is -2.47. The highest BCUT2D eigenvalue weighted by Gasteiger charge is 2.31. The van der Waals surface area contributed by atoms with Crippen LogP contribution in [0.4, 0.5) is 0 Å². The molecule has 0 saturated carbocycles. The largest absolute Gasteiger partial charge is 0.242 e. The smallest absolute Gasteiger partial charge is 0.207 e. The highest BCUT2D eigenvalue weighted by molar-refractivity contribution is 9.11. The molecule has 1 aromatic rings. The van der Waals surface area contributed by atoms with Crippen molar-refractivity contribution in [2.24, 2.45) is 0 Å². The molecule has 0 amide bonds. The topological polar surface area (TPSA) is 46.2 Å². The van der Waals surface area contributed by atoms with Gasteiger partial charge >= 0.3 is 0 Å². The van der Waals surface area contributed by atoms with Crippen LogP contribution in [0.1, 0.15) is 40.0 Å². The SMILES string of the molecule is CCC(CC)(CC)NS(=O)(=O)c1cc(Br)ccc1Br.